The molecule has 14 heavy (non-hydrogen) atoms. The molecule has 1 aromatic rings. The van der Waals surface area contributed by atoms with Crippen molar-refractivity contribution in [3.8, 4) is 5.75 Å². The van der Waals surface area contributed by atoms with Crippen LogP contribution in [0.25, 0.3) is 0 Å². The van der Waals surface area contributed by atoms with Gasteiger partial charge in [0.2, 0.25) is 0 Å². The Labute approximate surface area is 83.6 Å². The zero-order valence-corrected chi connectivity index (χ0v) is 8.36. The lowest BCUT2D eigenvalue weighted by atomic mass is 10.3. The first-order valence-corrected chi connectivity index (χ1v) is 4.25. The van der Waals surface area contributed by atoms with E-state index < -0.39 is 5.97 Å². The maximum absolute atomic E-state index is 10.8. The van der Waals surface area contributed by atoms with Crippen LogP contribution in [0, 0.1) is 0 Å². The van der Waals surface area contributed by atoms with Gasteiger partial charge < -0.3 is 9.64 Å². The summed E-state index contributed by atoms with van der Waals surface area (Å²) in [6.07, 6.45) is 1.14. The van der Waals surface area contributed by atoms with Crippen LogP contribution in [0.5, 0.6) is 5.75 Å². The number of anilines is 1. The molecular formula is C11H13NO2. The number of carbonyl (C=O) groups excluding carboxylic acids is 1. The van der Waals surface area contributed by atoms with Crippen LogP contribution in [0.4, 0.5) is 5.69 Å². The first-order chi connectivity index (χ1) is 6.63. The SMILES string of the molecule is C=CC(=O)Oc1ccc(N(C)C)cc1. The van der Waals surface area contributed by atoms with Crippen LogP contribution in [0.15, 0.2) is 36.9 Å². The molecule has 0 saturated carbocycles. The average Bonchev–Trinajstić information content (AvgIpc) is 2.18. The lowest BCUT2D eigenvalue weighted by molar-refractivity contribution is -0.128. The number of hydrogen-bond donors (Lipinski definition) is 0. The van der Waals surface area contributed by atoms with Crippen molar-refractivity contribution in [2.75, 3.05) is 19.0 Å². The molecule has 0 unspecified atom stereocenters. The molecule has 3 heteroatoms. The number of hydrogen-bond acceptors (Lipinski definition) is 3. The van der Waals surface area contributed by atoms with E-state index in [2.05, 4.69) is 6.58 Å². The van der Waals surface area contributed by atoms with Gasteiger partial charge >= 0.3 is 5.97 Å². The Morgan fingerprint density at radius 2 is 1.93 bits per heavy atom. The Morgan fingerprint density at radius 3 is 2.36 bits per heavy atom. The lowest BCUT2D eigenvalue weighted by Crippen LogP contribution is -2.08. The second kappa shape index (κ2) is 4.46. The van der Waals surface area contributed by atoms with E-state index in [1.807, 2.05) is 31.1 Å². The maximum atomic E-state index is 10.8. The average molecular weight is 191 g/mol. The van der Waals surface area contributed by atoms with Gasteiger partial charge in [-0.2, -0.15) is 0 Å². The fourth-order valence-electron chi connectivity index (χ4n) is 0.970. The van der Waals surface area contributed by atoms with Gasteiger partial charge in [0.05, 0.1) is 0 Å². The zero-order valence-electron chi connectivity index (χ0n) is 8.36. The number of carbonyl (C=O) groups is 1. The molecular weight excluding hydrogens is 178 g/mol. The van der Waals surface area contributed by atoms with Crippen LogP contribution >= 0.6 is 0 Å². The normalized spacial score (nSPS) is 9.29. The summed E-state index contributed by atoms with van der Waals surface area (Å²) in [4.78, 5) is 12.8. The second-order valence-corrected chi connectivity index (χ2v) is 3.01. The Kier molecular flexibility index (Phi) is 3.29. The third-order valence-corrected chi connectivity index (χ3v) is 1.74. The first kappa shape index (κ1) is 10.3. The molecule has 0 saturated heterocycles. The molecule has 0 atom stereocenters. The van der Waals surface area contributed by atoms with Crippen molar-refractivity contribution >= 4 is 11.7 Å². The highest BCUT2D eigenvalue weighted by molar-refractivity contribution is 5.83. The number of nitrogens with zero attached hydrogens (tertiary/aromatic N) is 1. The summed E-state index contributed by atoms with van der Waals surface area (Å²) in [7, 11) is 3.90. The highest BCUT2D eigenvalue weighted by Crippen LogP contribution is 2.17. The predicted octanol–water partition coefficient (Wildman–Crippen LogP) is 1.84. The molecule has 0 amide bonds. The molecule has 0 aromatic heterocycles. The van der Waals surface area contributed by atoms with Gasteiger partial charge in [0.25, 0.3) is 0 Å². The Bertz CT molecular complexity index is 328. The van der Waals surface area contributed by atoms with Gasteiger partial charge in [0.1, 0.15) is 5.75 Å². The Balaban J connectivity index is 2.73. The maximum Gasteiger partial charge on any atom is 0.335 e. The number of ether oxygens (including phenoxy) is 1. The molecule has 0 bridgehead atoms. The predicted molar refractivity (Wildman–Crippen MR) is 56.6 cm³/mol. The minimum Gasteiger partial charge on any atom is -0.423 e. The zero-order chi connectivity index (χ0) is 10.6. The van der Waals surface area contributed by atoms with Gasteiger partial charge in [-0.25, -0.2) is 4.79 Å². The molecule has 0 radical (unpaired) electrons. The van der Waals surface area contributed by atoms with Crippen LogP contribution in [0.2, 0.25) is 0 Å². The molecule has 3 nitrogen and oxygen atoms in total. The van der Waals surface area contributed by atoms with Gasteiger partial charge in [0.15, 0.2) is 0 Å². The fraction of sp³-hybridized carbons (Fsp3) is 0.182. The van der Waals surface area contributed by atoms with Crippen molar-refractivity contribution in [2.24, 2.45) is 0 Å². The van der Waals surface area contributed by atoms with Crippen LogP contribution in [0.1, 0.15) is 0 Å². The van der Waals surface area contributed by atoms with E-state index in [4.69, 9.17) is 4.74 Å². The molecule has 74 valence electrons. The molecule has 0 N–H and O–H groups in total. The highest BCUT2D eigenvalue weighted by Gasteiger charge is 1.99. The molecule has 0 fully saturated rings. The van der Waals surface area contributed by atoms with Crippen molar-refractivity contribution in [1.82, 2.24) is 0 Å². The fourth-order valence-corrected chi connectivity index (χ4v) is 0.970. The summed E-state index contributed by atoms with van der Waals surface area (Å²) in [5, 5.41) is 0. The lowest BCUT2D eigenvalue weighted by Gasteiger charge is -2.12. The number of rotatable bonds is 3. The van der Waals surface area contributed by atoms with E-state index in [1.165, 1.54) is 0 Å². The van der Waals surface area contributed by atoms with Gasteiger partial charge in [-0.3, -0.25) is 0 Å². The summed E-state index contributed by atoms with van der Waals surface area (Å²) in [5.74, 6) is 0.0862. The van der Waals surface area contributed by atoms with E-state index in [9.17, 15) is 4.79 Å². The summed E-state index contributed by atoms with van der Waals surface area (Å²) in [5.41, 5.74) is 1.06. The van der Waals surface area contributed by atoms with E-state index in [-0.39, 0.29) is 0 Å². The van der Waals surface area contributed by atoms with Crippen LogP contribution in [0.3, 0.4) is 0 Å². The van der Waals surface area contributed by atoms with E-state index in [0.717, 1.165) is 11.8 Å². The van der Waals surface area contributed by atoms with Crippen LogP contribution in [-0.2, 0) is 4.79 Å². The summed E-state index contributed by atoms with van der Waals surface area (Å²) in [6.45, 7) is 3.32. The molecule has 1 aromatic carbocycles. The minimum absolute atomic E-state index is 0.442. The second-order valence-electron chi connectivity index (χ2n) is 3.01. The van der Waals surface area contributed by atoms with Crippen LogP contribution < -0.4 is 9.64 Å². The third kappa shape index (κ3) is 2.62. The molecule has 0 aliphatic carbocycles. The molecule has 0 aliphatic rings. The highest BCUT2D eigenvalue weighted by atomic mass is 16.5. The number of benzene rings is 1. The first-order valence-electron chi connectivity index (χ1n) is 4.25. The molecule has 1 rings (SSSR count). The van der Waals surface area contributed by atoms with E-state index in [1.54, 1.807) is 12.1 Å². The van der Waals surface area contributed by atoms with Gasteiger partial charge in [-0.05, 0) is 24.3 Å². The number of esters is 1. The Morgan fingerprint density at radius 1 is 1.36 bits per heavy atom. The van der Waals surface area contributed by atoms with Crippen molar-refractivity contribution in [1.29, 1.82) is 0 Å². The van der Waals surface area contributed by atoms with Crippen molar-refractivity contribution in [2.45, 2.75) is 0 Å². The van der Waals surface area contributed by atoms with Crippen molar-refractivity contribution in [3.63, 3.8) is 0 Å². The molecule has 0 spiro atoms. The minimum atomic E-state index is -0.442. The largest absolute Gasteiger partial charge is 0.423 e. The topological polar surface area (TPSA) is 29.5 Å². The van der Waals surface area contributed by atoms with Crippen molar-refractivity contribution < 1.29 is 9.53 Å². The quantitative estimate of drug-likeness (QED) is 0.415. The van der Waals surface area contributed by atoms with Crippen LogP contribution in [-0.4, -0.2) is 20.1 Å². The summed E-state index contributed by atoms with van der Waals surface area (Å²) < 4.78 is 4.92. The third-order valence-electron chi connectivity index (χ3n) is 1.74. The monoisotopic (exact) mass is 191 g/mol. The van der Waals surface area contributed by atoms with Crippen molar-refractivity contribution in [3.05, 3.63) is 36.9 Å². The van der Waals surface area contributed by atoms with Gasteiger partial charge in [0, 0.05) is 25.9 Å². The van der Waals surface area contributed by atoms with Gasteiger partial charge in [-0.15, -0.1) is 0 Å². The smallest absolute Gasteiger partial charge is 0.335 e. The molecule has 0 aliphatic heterocycles. The summed E-state index contributed by atoms with van der Waals surface area (Å²) >= 11 is 0. The van der Waals surface area contributed by atoms with Gasteiger partial charge in [-0.1, -0.05) is 6.58 Å². The Hall–Kier alpha value is -1.77. The van der Waals surface area contributed by atoms with E-state index in [0.29, 0.717) is 5.75 Å². The summed E-state index contributed by atoms with van der Waals surface area (Å²) in [6, 6.07) is 7.25. The molecule has 0 heterocycles. The standard InChI is InChI=1S/C11H13NO2/c1-4-11(13)14-10-7-5-9(6-8-10)12(2)3/h4-8H,1H2,2-3H3. The van der Waals surface area contributed by atoms with E-state index >= 15 is 0 Å².